The highest BCUT2D eigenvalue weighted by atomic mass is 32.2. The van der Waals surface area contributed by atoms with Crippen LogP contribution in [0.15, 0.2) is 36.4 Å². The molecule has 0 spiro atoms. The van der Waals surface area contributed by atoms with Gasteiger partial charge in [0, 0.05) is 23.9 Å². The minimum absolute atomic E-state index is 0.200. The van der Waals surface area contributed by atoms with E-state index in [1.54, 1.807) is 6.07 Å². The van der Waals surface area contributed by atoms with Gasteiger partial charge in [-0.25, -0.2) is 13.4 Å². The van der Waals surface area contributed by atoms with E-state index < -0.39 is 9.84 Å². The Balaban J connectivity index is 1.79. The summed E-state index contributed by atoms with van der Waals surface area (Å²) in [5.41, 5.74) is 1.19. The van der Waals surface area contributed by atoms with Crippen molar-refractivity contribution in [3.05, 3.63) is 42.1 Å². The number of para-hydroxylation sites is 1. The molecule has 0 fully saturated rings. The third-order valence-electron chi connectivity index (χ3n) is 3.31. The maximum atomic E-state index is 12.0. The van der Waals surface area contributed by atoms with Gasteiger partial charge in [0.2, 0.25) is 0 Å². The molecule has 22 heavy (non-hydrogen) atoms. The van der Waals surface area contributed by atoms with Crippen LogP contribution in [0.4, 0.5) is 0 Å². The molecule has 1 aromatic heterocycles. The molecule has 1 aromatic carbocycles. The Labute approximate surface area is 130 Å². The number of fused-ring (bicyclic) bond motifs is 1. The molecule has 118 valence electrons. The van der Waals surface area contributed by atoms with Crippen molar-refractivity contribution in [1.82, 2.24) is 10.3 Å². The Morgan fingerprint density at radius 1 is 1.09 bits per heavy atom. The van der Waals surface area contributed by atoms with Gasteiger partial charge in [-0.05, 0) is 25.0 Å². The van der Waals surface area contributed by atoms with Crippen LogP contribution < -0.4 is 5.32 Å². The molecule has 2 aromatic rings. The third kappa shape index (κ3) is 5.11. The Bertz CT molecular complexity index is 757. The molecule has 1 N–H and O–H groups in total. The number of hydrogen-bond donors (Lipinski definition) is 1. The van der Waals surface area contributed by atoms with Crippen molar-refractivity contribution < 1.29 is 13.2 Å². The number of unbranched alkanes of at least 4 members (excludes halogenated alkanes) is 2. The van der Waals surface area contributed by atoms with Gasteiger partial charge in [0.05, 0.1) is 5.52 Å². The summed E-state index contributed by atoms with van der Waals surface area (Å²) in [5.74, 6) is 0.00144. The number of nitrogens with one attached hydrogen (secondary N) is 1. The number of carbonyl (C=O) groups excluding carboxylic acids is 1. The molecule has 0 bridgehead atoms. The van der Waals surface area contributed by atoms with Crippen LogP contribution in [0.1, 0.15) is 29.8 Å². The molecule has 1 heterocycles. The van der Waals surface area contributed by atoms with Gasteiger partial charge in [0.1, 0.15) is 15.5 Å². The van der Waals surface area contributed by atoms with Crippen LogP contribution in [0.25, 0.3) is 10.9 Å². The lowest BCUT2D eigenvalue weighted by molar-refractivity contribution is 0.0948. The second-order valence-corrected chi connectivity index (χ2v) is 7.60. The van der Waals surface area contributed by atoms with E-state index in [1.165, 1.54) is 6.26 Å². The largest absolute Gasteiger partial charge is 0.351 e. The first kappa shape index (κ1) is 16.4. The molecule has 0 unspecified atom stereocenters. The molecule has 0 aliphatic heterocycles. The molecule has 0 radical (unpaired) electrons. The van der Waals surface area contributed by atoms with E-state index in [9.17, 15) is 13.2 Å². The number of rotatable bonds is 7. The van der Waals surface area contributed by atoms with Crippen molar-refractivity contribution >= 4 is 26.6 Å². The molecule has 0 saturated heterocycles. The number of aromatic nitrogens is 1. The lowest BCUT2D eigenvalue weighted by atomic mass is 10.2. The summed E-state index contributed by atoms with van der Waals surface area (Å²) < 4.78 is 22.0. The van der Waals surface area contributed by atoms with Crippen LogP contribution in [0.2, 0.25) is 0 Å². The summed E-state index contributed by atoms with van der Waals surface area (Å²) in [6, 6.07) is 11.2. The minimum Gasteiger partial charge on any atom is -0.351 e. The van der Waals surface area contributed by atoms with Gasteiger partial charge in [0.15, 0.2) is 0 Å². The number of amides is 1. The zero-order valence-corrected chi connectivity index (χ0v) is 13.4. The Morgan fingerprint density at radius 2 is 1.86 bits per heavy atom. The van der Waals surface area contributed by atoms with E-state index in [-0.39, 0.29) is 11.7 Å². The monoisotopic (exact) mass is 320 g/mol. The molecular weight excluding hydrogens is 300 g/mol. The van der Waals surface area contributed by atoms with E-state index in [0.717, 1.165) is 23.7 Å². The molecule has 2 rings (SSSR count). The molecule has 6 heteroatoms. The molecule has 0 aliphatic carbocycles. The predicted molar refractivity (Wildman–Crippen MR) is 87.6 cm³/mol. The zero-order valence-electron chi connectivity index (χ0n) is 12.6. The second-order valence-electron chi connectivity index (χ2n) is 5.34. The smallest absolute Gasteiger partial charge is 0.269 e. The van der Waals surface area contributed by atoms with E-state index >= 15 is 0 Å². The van der Waals surface area contributed by atoms with Crippen LogP contribution in [0.5, 0.6) is 0 Å². The number of benzene rings is 1. The average Bonchev–Trinajstić information content (AvgIpc) is 2.49. The lowest BCUT2D eigenvalue weighted by Crippen LogP contribution is -2.25. The summed E-state index contributed by atoms with van der Waals surface area (Å²) in [6.45, 7) is 0.525. The maximum Gasteiger partial charge on any atom is 0.269 e. The van der Waals surface area contributed by atoms with Crippen LogP contribution in [-0.2, 0) is 9.84 Å². The van der Waals surface area contributed by atoms with Crippen LogP contribution >= 0.6 is 0 Å². The first-order chi connectivity index (χ1) is 10.5. The second kappa shape index (κ2) is 7.35. The van der Waals surface area contributed by atoms with Crippen molar-refractivity contribution in [2.45, 2.75) is 19.3 Å². The van der Waals surface area contributed by atoms with Crippen LogP contribution in [0.3, 0.4) is 0 Å². The van der Waals surface area contributed by atoms with Gasteiger partial charge in [-0.15, -0.1) is 0 Å². The van der Waals surface area contributed by atoms with E-state index in [0.29, 0.717) is 18.7 Å². The SMILES string of the molecule is CS(=O)(=O)CCCCCNC(=O)c1ccc2ccccc2n1. The Morgan fingerprint density at radius 3 is 2.64 bits per heavy atom. The number of sulfone groups is 1. The highest BCUT2D eigenvalue weighted by molar-refractivity contribution is 7.90. The predicted octanol–water partition coefficient (Wildman–Crippen LogP) is 2.18. The quantitative estimate of drug-likeness (QED) is 0.793. The van der Waals surface area contributed by atoms with Crippen molar-refractivity contribution in [3.63, 3.8) is 0 Å². The fourth-order valence-electron chi connectivity index (χ4n) is 2.15. The van der Waals surface area contributed by atoms with E-state index in [2.05, 4.69) is 10.3 Å². The van der Waals surface area contributed by atoms with Crippen molar-refractivity contribution in [2.75, 3.05) is 18.6 Å². The van der Waals surface area contributed by atoms with Crippen LogP contribution in [-0.4, -0.2) is 37.9 Å². The highest BCUT2D eigenvalue weighted by Gasteiger charge is 2.07. The van der Waals surface area contributed by atoms with Crippen molar-refractivity contribution in [3.8, 4) is 0 Å². The molecule has 5 nitrogen and oxygen atoms in total. The van der Waals surface area contributed by atoms with Gasteiger partial charge in [0.25, 0.3) is 5.91 Å². The van der Waals surface area contributed by atoms with Gasteiger partial charge < -0.3 is 5.32 Å². The normalized spacial score (nSPS) is 11.5. The van der Waals surface area contributed by atoms with E-state index in [1.807, 2.05) is 30.3 Å². The number of pyridine rings is 1. The topological polar surface area (TPSA) is 76.1 Å². The van der Waals surface area contributed by atoms with Gasteiger partial charge >= 0.3 is 0 Å². The minimum atomic E-state index is -2.89. The number of nitrogens with zero attached hydrogens (tertiary/aromatic N) is 1. The van der Waals surface area contributed by atoms with Gasteiger partial charge in [-0.2, -0.15) is 0 Å². The van der Waals surface area contributed by atoms with E-state index in [4.69, 9.17) is 0 Å². The Hall–Kier alpha value is -1.95. The first-order valence-corrected chi connectivity index (χ1v) is 9.33. The molecule has 1 amide bonds. The lowest BCUT2D eigenvalue weighted by Gasteiger charge is -2.05. The summed E-state index contributed by atoms with van der Waals surface area (Å²) in [4.78, 5) is 16.3. The molecular formula is C16H20N2O3S. The molecule has 0 atom stereocenters. The Kier molecular flexibility index (Phi) is 5.49. The fourth-order valence-corrected chi connectivity index (χ4v) is 2.88. The average molecular weight is 320 g/mol. The van der Waals surface area contributed by atoms with Gasteiger partial charge in [-0.1, -0.05) is 30.7 Å². The summed E-state index contributed by atoms with van der Waals surface area (Å²) in [5, 5.41) is 3.81. The molecule has 0 aliphatic rings. The van der Waals surface area contributed by atoms with Gasteiger partial charge in [-0.3, -0.25) is 4.79 Å². The number of carbonyl (C=O) groups is 1. The number of hydrogen-bond acceptors (Lipinski definition) is 4. The fraction of sp³-hybridized carbons (Fsp3) is 0.375. The highest BCUT2D eigenvalue weighted by Crippen LogP contribution is 2.11. The van der Waals surface area contributed by atoms with Crippen molar-refractivity contribution in [2.24, 2.45) is 0 Å². The summed E-state index contributed by atoms with van der Waals surface area (Å²) in [6.07, 6.45) is 3.40. The first-order valence-electron chi connectivity index (χ1n) is 7.27. The zero-order chi connectivity index (χ0) is 16.0. The molecule has 0 saturated carbocycles. The van der Waals surface area contributed by atoms with Crippen LogP contribution in [0, 0.1) is 0 Å². The summed E-state index contributed by atoms with van der Waals surface area (Å²) >= 11 is 0. The maximum absolute atomic E-state index is 12.0. The van der Waals surface area contributed by atoms with Crippen molar-refractivity contribution in [1.29, 1.82) is 0 Å². The third-order valence-corrected chi connectivity index (χ3v) is 4.34. The summed E-state index contributed by atoms with van der Waals surface area (Å²) in [7, 11) is -2.89. The standard InChI is InChI=1S/C16H20N2O3S/c1-22(20,21)12-6-2-5-11-17-16(19)15-10-9-13-7-3-4-8-14(13)18-15/h3-4,7-10H,2,5-6,11-12H2,1H3,(H,17,19).